The van der Waals surface area contributed by atoms with Gasteiger partial charge in [0, 0.05) is 29.6 Å². The lowest BCUT2D eigenvalue weighted by atomic mass is 10.0. The summed E-state index contributed by atoms with van der Waals surface area (Å²) in [6.45, 7) is 1.90. The lowest BCUT2D eigenvalue weighted by Crippen LogP contribution is -2.16. The monoisotopic (exact) mass is 427 g/mol. The Bertz CT molecular complexity index is 1090. The lowest BCUT2D eigenvalue weighted by molar-refractivity contribution is -0.113. The molecule has 9 nitrogen and oxygen atoms in total. The minimum Gasteiger partial charge on any atom is -0.496 e. The highest BCUT2D eigenvalue weighted by atomic mass is 32.2. The van der Waals surface area contributed by atoms with Crippen molar-refractivity contribution in [1.82, 2.24) is 19.7 Å². The highest BCUT2D eigenvalue weighted by Gasteiger charge is 2.33. The summed E-state index contributed by atoms with van der Waals surface area (Å²) in [5.41, 5.74) is 2.48. The topological polar surface area (TPSA) is 100 Å². The summed E-state index contributed by atoms with van der Waals surface area (Å²) in [5, 5.41) is 7.35. The van der Waals surface area contributed by atoms with Crippen LogP contribution in [0.3, 0.4) is 0 Å². The Labute approximate surface area is 177 Å². The zero-order valence-corrected chi connectivity index (χ0v) is 17.8. The molecule has 1 amide bonds. The molecule has 1 aromatic carbocycles. The van der Waals surface area contributed by atoms with E-state index in [1.54, 1.807) is 50.5 Å². The maximum Gasteiger partial charge on any atom is 0.252 e. The summed E-state index contributed by atoms with van der Waals surface area (Å²) >= 11 is 1.49. The summed E-state index contributed by atoms with van der Waals surface area (Å²) in [5.74, 6) is 2.86. The molecular weight excluding hydrogens is 406 g/mol. The van der Waals surface area contributed by atoms with Crippen LogP contribution in [0.1, 0.15) is 22.1 Å². The number of nitrogens with zero attached hydrogens (tertiary/aromatic N) is 4. The van der Waals surface area contributed by atoms with E-state index in [2.05, 4.69) is 20.4 Å². The Morgan fingerprint density at radius 2 is 1.73 bits per heavy atom. The predicted molar refractivity (Wildman–Crippen MR) is 113 cm³/mol. The number of amides is 1. The lowest BCUT2D eigenvalue weighted by Gasteiger charge is -2.20. The predicted octanol–water partition coefficient (Wildman–Crippen LogP) is 2.77. The number of rotatable bonds is 5. The van der Waals surface area contributed by atoms with Crippen molar-refractivity contribution in [1.29, 1.82) is 0 Å². The molecule has 1 aliphatic rings. The first-order valence-corrected chi connectivity index (χ1v) is 10.2. The molecule has 0 saturated heterocycles. The third kappa shape index (κ3) is 3.43. The number of thioether (sulfide) groups is 1. The van der Waals surface area contributed by atoms with Crippen molar-refractivity contribution >= 4 is 23.5 Å². The van der Waals surface area contributed by atoms with E-state index in [4.69, 9.17) is 14.2 Å². The molecule has 0 radical (unpaired) electrons. The molecule has 30 heavy (non-hydrogen) atoms. The Morgan fingerprint density at radius 3 is 2.40 bits per heavy atom. The van der Waals surface area contributed by atoms with Crippen LogP contribution >= 0.6 is 11.8 Å². The van der Waals surface area contributed by atoms with E-state index < -0.39 is 0 Å². The molecule has 2 aromatic heterocycles. The number of aromatic nitrogens is 4. The standard InChI is InChI=1S/C20H21N5O4S/c1-11-17-18(12-8-14(28-3)15(29-4)9-13(12)27-2)30-10-16(26)23-19(17)25(24-11)20-21-6-5-7-22-20/h5-9,18H,10H2,1-4H3,(H,23,26)/t18-/m1/s1. The molecule has 3 heterocycles. The fourth-order valence-corrected chi connectivity index (χ4v) is 4.64. The van der Waals surface area contributed by atoms with Gasteiger partial charge in [-0.25, -0.2) is 9.97 Å². The van der Waals surface area contributed by atoms with E-state index in [0.29, 0.717) is 29.0 Å². The Morgan fingerprint density at radius 1 is 1.07 bits per heavy atom. The van der Waals surface area contributed by atoms with Gasteiger partial charge in [0.15, 0.2) is 11.5 Å². The van der Waals surface area contributed by atoms with Crippen LogP contribution in [0.4, 0.5) is 5.82 Å². The molecule has 0 fully saturated rings. The molecule has 4 rings (SSSR count). The number of methoxy groups -OCH3 is 3. The molecule has 1 N–H and O–H groups in total. The normalized spacial score (nSPS) is 15.7. The number of anilines is 1. The van der Waals surface area contributed by atoms with Crippen molar-refractivity contribution in [3.05, 3.63) is 47.4 Å². The van der Waals surface area contributed by atoms with Gasteiger partial charge in [0.25, 0.3) is 5.95 Å². The van der Waals surface area contributed by atoms with Gasteiger partial charge in [0.05, 0.1) is 38.0 Å². The third-order valence-corrected chi connectivity index (χ3v) is 6.02. The van der Waals surface area contributed by atoms with Gasteiger partial charge >= 0.3 is 0 Å². The molecule has 0 spiro atoms. The van der Waals surface area contributed by atoms with Gasteiger partial charge in [-0.3, -0.25) is 4.79 Å². The average Bonchev–Trinajstić information content (AvgIpc) is 2.98. The number of benzene rings is 1. The molecule has 3 aromatic rings. The van der Waals surface area contributed by atoms with Crippen LogP contribution in [0.2, 0.25) is 0 Å². The van der Waals surface area contributed by atoms with Crippen molar-refractivity contribution in [2.75, 3.05) is 32.4 Å². The largest absolute Gasteiger partial charge is 0.496 e. The Balaban J connectivity index is 1.92. The molecule has 0 saturated carbocycles. The van der Waals surface area contributed by atoms with Crippen LogP contribution in [0.15, 0.2) is 30.6 Å². The van der Waals surface area contributed by atoms with E-state index in [0.717, 1.165) is 16.8 Å². The number of ether oxygens (including phenoxy) is 3. The van der Waals surface area contributed by atoms with Crippen LogP contribution in [-0.2, 0) is 4.79 Å². The minimum atomic E-state index is -0.230. The third-order valence-electron chi connectivity index (χ3n) is 4.77. The highest BCUT2D eigenvalue weighted by Crippen LogP contribution is 2.49. The zero-order chi connectivity index (χ0) is 21.3. The molecule has 1 atom stereocenters. The quantitative estimate of drug-likeness (QED) is 0.663. The van der Waals surface area contributed by atoms with Gasteiger partial charge < -0.3 is 19.5 Å². The smallest absolute Gasteiger partial charge is 0.252 e. The van der Waals surface area contributed by atoms with Crippen molar-refractivity contribution in [2.24, 2.45) is 0 Å². The van der Waals surface area contributed by atoms with Crippen molar-refractivity contribution in [3.63, 3.8) is 0 Å². The van der Waals surface area contributed by atoms with Crippen LogP contribution in [-0.4, -0.2) is 52.7 Å². The second-order valence-electron chi connectivity index (χ2n) is 6.50. The van der Waals surface area contributed by atoms with Gasteiger partial charge in [-0.15, -0.1) is 11.8 Å². The van der Waals surface area contributed by atoms with Crippen LogP contribution < -0.4 is 19.5 Å². The molecule has 0 aliphatic carbocycles. The zero-order valence-electron chi connectivity index (χ0n) is 17.0. The average molecular weight is 427 g/mol. The first-order valence-electron chi connectivity index (χ1n) is 9.15. The Hall–Kier alpha value is -3.27. The number of hydrogen-bond acceptors (Lipinski definition) is 8. The number of nitrogens with one attached hydrogen (secondary N) is 1. The number of fused-ring (bicyclic) bond motifs is 1. The molecular formula is C20H21N5O4S. The fourth-order valence-electron chi connectivity index (χ4n) is 3.43. The molecule has 0 bridgehead atoms. The van der Waals surface area contributed by atoms with Crippen LogP contribution in [0.25, 0.3) is 5.95 Å². The van der Waals surface area contributed by atoms with E-state index in [1.807, 2.05) is 13.0 Å². The van der Waals surface area contributed by atoms with Crippen LogP contribution in [0, 0.1) is 6.92 Å². The summed E-state index contributed by atoms with van der Waals surface area (Å²) < 4.78 is 18.1. The van der Waals surface area contributed by atoms with Crippen molar-refractivity contribution in [3.8, 4) is 23.2 Å². The second kappa shape index (κ2) is 8.23. The highest BCUT2D eigenvalue weighted by molar-refractivity contribution is 8.00. The summed E-state index contributed by atoms with van der Waals surface area (Å²) in [4.78, 5) is 21.1. The molecule has 156 valence electrons. The van der Waals surface area contributed by atoms with Gasteiger partial charge in [0.2, 0.25) is 5.91 Å². The molecule has 10 heteroatoms. The number of carbonyl (C=O) groups excluding carboxylic acids is 1. The van der Waals surface area contributed by atoms with E-state index in [-0.39, 0.29) is 16.9 Å². The number of hydrogen-bond donors (Lipinski definition) is 1. The summed E-state index contributed by atoms with van der Waals surface area (Å²) in [6, 6.07) is 5.39. The van der Waals surface area contributed by atoms with Gasteiger partial charge in [-0.05, 0) is 19.1 Å². The van der Waals surface area contributed by atoms with Crippen LogP contribution in [0.5, 0.6) is 17.2 Å². The Kier molecular flexibility index (Phi) is 5.49. The number of aryl methyl sites for hydroxylation is 1. The minimum absolute atomic E-state index is 0.125. The number of carbonyl (C=O) groups is 1. The van der Waals surface area contributed by atoms with Gasteiger partial charge in [-0.2, -0.15) is 9.78 Å². The van der Waals surface area contributed by atoms with Crippen molar-refractivity contribution < 1.29 is 19.0 Å². The SMILES string of the molecule is COc1cc(OC)c([C@H]2SCC(=O)Nc3c2c(C)nn3-c2ncccn2)cc1OC. The maximum atomic E-state index is 12.5. The maximum absolute atomic E-state index is 12.5. The first-order chi connectivity index (χ1) is 14.6. The molecule has 1 aliphatic heterocycles. The summed E-state index contributed by atoms with van der Waals surface area (Å²) in [7, 11) is 4.76. The first kappa shape index (κ1) is 20.0. The summed E-state index contributed by atoms with van der Waals surface area (Å²) in [6.07, 6.45) is 3.27. The van der Waals surface area contributed by atoms with E-state index >= 15 is 0 Å². The second-order valence-corrected chi connectivity index (χ2v) is 7.59. The van der Waals surface area contributed by atoms with E-state index in [9.17, 15) is 4.79 Å². The van der Waals surface area contributed by atoms with Gasteiger partial charge in [-0.1, -0.05) is 0 Å². The van der Waals surface area contributed by atoms with Gasteiger partial charge in [0.1, 0.15) is 11.6 Å². The van der Waals surface area contributed by atoms with Crippen molar-refractivity contribution in [2.45, 2.75) is 12.2 Å². The van der Waals surface area contributed by atoms with E-state index in [1.165, 1.54) is 11.8 Å². The fraction of sp³-hybridized carbons (Fsp3) is 0.300. The molecule has 0 unspecified atom stereocenters.